The van der Waals surface area contributed by atoms with E-state index in [9.17, 15) is 20.2 Å². The lowest BCUT2D eigenvalue weighted by molar-refractivity contribution is -0.422. The molecule has 0 aliphatic heterocycles. The number of aromatic nitrogens is 2. The summed E-state index contributed by atoms with van der Waals surface area (Å²) < 4.78 is 5.11. The van der Waals surface area contributed by atoms with E-state index in [0.717, 1.165) is 12.1 Å². The highest BCUT2D eigenvalue weighted by atomic mass is 35.5. The van der Waals surface area contributed by atoms with Crippen LogP contribution in [-0.2, 0) is 5.88 Å². The van der Waals surface area contributed by atoms with Crippen molar-refractivity contribution in [2.45, 2.75) is 5.88 Å². The van der Waals surface area contributed by atoms with Crippen LogP contribution in [0, 0.1) is 20.2 Å². The van der Waals surface area contributed by atoms with Gasteiger partial charge in [0.25, 0.3) is 0 Å². The molecule has 0 atom stereocenters. The van der Waals surface area contributed by atoms with Crippen molar-refractivity contribution in [3.8, 4) is 11.5 Å². The molecule has 0 saturated heterocycles. The number of benzene rings is 1. The Balaban J connectivity index is 2.51. The molecule has 9 nitrogen and oxygen atoms in total. The summed E-state index contributed by atoms with van der Waals surface area (Å²) in [6.07, 6.45) is 0. The normalized spacial score (nSPS) is 10.4. The van der Waals surface area contributed by atoms with Gasteiger partial charge < -0.3 is 4.42 Å². The third-order valence-electron chi connectivity index (χ3n) is 2.20. The maximum absolute atomic E-state index is 10.8. The highest BCUT2D eigenvalue weighted by molar-refractivity contribution is 6.16. The van der Waals surface area contributed by atoms with Gasteiger partial charge in [-0.05, 0) is 6.07 Å². The van der Waals surface area contributed by atoms with Gasteiger partial charge in [0.1, 0.15) is 5.88 Å². The molecule has 10 heteroatoms. The van der Waals surface area contributed by atoms with Crippen molar-refractivity contribution in [3.05, 3.63) is 44.3 Å². The van der Waals surface area contributed by atoms with Crippen LogP contribution < -0.4 is 0 Å². The fraction of sp³-hybridized carbons (Fsp3) is 0.111. The SMILES string of the molecule is O=[N+]([O-])c1ccc(-c2nnc(CCl)o2)cc1[N+](=O)[O-]. The zero-order valence-electron chi connectivity index (χ0n) is 9.15. The largest absolute Gasteiger partial charge is 0.419 e. The Morgan fingerprint density at radius 2 is 1.84 bits per heavy atom. The second-order valence-corrected chi connectivity index (χ2v) is 3.62. The lowest BCUT2D eigenvalue weighted by Gasteiger charge is -1.97. The Morgan fingerprint density at radius 1 is 1.16 bits per heavy atom. The van der Waals surface area contributed by atoms with Crippen LogP contribution in [0.25, 0.3) is 11.5 Å². The molecule has 0 unspecified atom stereocenters. The third kappa shape index (κ3) is 2.50. The summed E-state index contributed by atoms with van der Waals surface area (Å²) in [6.45, 7) is 0. The molecule has 19 heavy (non-hydrogen) atoms. The van der Waals surface area contributed by atoms with Gasteiger partial charge in [0.05, 0.1) is 9.85 Å². The summed E-state index contributed by atoms with van der Waals surface area (Å²) in [5, 5.41) is 28.7. The van der Waals surface area contributed by atoms with E-state index in [1.165, 1.54) is 6.07 Å². The number of alkyl halides is 1. The topological polar surface area (TPSA) is 125 Å². The monoisotopic (exact) mass is 284 g/mol. The van der Waals surface area contributed by atoms with Crippen LogP contribution >= 0.6 is 11.6 Å². The van der Waals surface area contributed by atoms with Crippen LogP contribution in [0.2, 0.25) is 0 Å². The molecular formula is C9H5ClN4O5. The molecule has 1 heterocycles. The second-order valence-electron chi connectivity index (χ2n) is 3.35. The van der Waals surface area contributed by atoms with Gasteiger partial charge in [-0.15, -0.1) is 21.8 Å². The molecule has 98 valence electrons. The molecule has 0 saturated carbocycles. The fourth-order valence-corrected chi connectivity index (χ4v) is 1.49. The third-order valence-corrected chi connectivity index (χ3v) is 2.43. The smallest absolute Gasteiger partial charge is 0.346 e. The summed E-state index contributed by atoms with van der Waals surface area (Å²) in [6, 6.07) is 3.30. The maximum atomic E-state index is 10.8. The minimum Gasteiger partial charge on any atom is -0.419 e. The highest BCUT2D eigenvalue weighted by Crippen LogP contribution is 2.31. The van der Waals surface area contributed by atoms with Crippen molar-refractivity contribution in [2.75, 3.05) is 0 Å². The van der Waals surface area contributed by atoms with Crippen LogP contribution in [-0.4, -0.2) is 20.0 Å². The number of nitrogens with zero attached hydrogens (tertiary/aromatic N) is 4. The first kappa shape index (κ1) is 12.9. The van der Waals surface area contributed by atoms with Crippen molar-refractivity contribution in [1.82, 2.24) is 10.2 Å². The second kappa shape index (κ2) is 4.98. The van der Waals surface area contributed by atoms with Crippen molar-refractivity contribution in [2.24, 2.45) is 0 Å². The Kier molecular flexibility index (Phi) is 3.38. The maximum Gasteiger partial charge on any atom is 0.346 e. The Morgan fingerprint density at radius 3 is 2.37 bits per heavy atom. The molecule has 0 aliphatic rings. The first-order valence-electron chi connectivity index (χ1n) is 4.84. The first-order valence-corrected chi connectivity index (χ1v) is 5.38. The van der Waals surface area contributed by atoms with E-state index in [2.05, 4.69) is 10.2 Å². The molecule has 0 spiro atoms. The molecule has 0 aliphatic carbocycles. The Hall–Kier alpha value is -2.55. The zero-order valence-corrected chi connectivity index (χ0v) is 9.90. The van der Waals surface area contributed by atoms with E-state index in [1.54, 1.807) is 0 Å². The van der Waals surface area contributed by atoms with Gasteiger partial charge in [-0.2, -0.15) is 0 Å². The van der Waals surface area contributed by atoms with E-state index in [0.29, 0.717) is 0 Å². The predicted molar refractivity (Wildman–Crippen MR) is 62.6 cm³/mol. The minimum absolute atomic E-state index is 0.00206. The number of nitro groups is 2. The first-order chi connectivity index (χ1) is 9.02. The summed E-state index contributed by atoms with van der Waals surface area (Å²) in [5.74, 6) is 0.161. The lowest BCUT2D eigenvalue weighted by atomic mass is 10.2. The van der Waals surface area contributed by atoms with Gasteiger partial charge in [-0.25, -0.2) is 0 Å². The van der Waals surface area contributed by atoms with E-state index in [1.807, 2.05) is 0 Å². The van der Waals surface area contributed by atoms with Crippen LogP contribution in [0.3, 0.4) is 0 Å². The fourth-order valence-electron chi connectivity index (χ4n) is 1.38. The molecule has 0 radical (unpaired) electrons. The molecule has 0 amide bonds. The lowest BCUT2D eigenvalue weighted by Crippen LogP contribution is -1.96. The average Bonchev–Trinajstić information content (AvgIpc) is 2.86. The molecule has 0 N–H and O–H groups in total. The molecule has 1 aromatic heterocycles. The quantitative estimate of drug-likeness (QED) is 0.479. The van der Waals surface area contributed by atoms with Crippen LogP contribution in [0.1, 0.15) is 5.89 Å². The predicted octanol–water partition coefficient (Wildman–Crippen LogP) is 2.29. The van der Waals surface area contributed by atoms with Crippen molar-refractivity contribution in [3.63, 3.8) is 0 Å². The highest BCUT2D eigenvalue weighted by Gasteiger charge is 2.25. The summed E-state index contributed by atoms with van der Waals surface area (Å²) in [4.78, 5) is 19.8. The van der Waals surface area contributed by atoms with Crippen LogP contribution in [0.5, 0.6) is 0 Å². The molecule has 0 bridgehead atoms. The zero-order chi connectivity index (χ0) is 14.0. The van der Waals surface area contributed by atoms with Crippen LogP contribution in [0.4, 0.5) is 11.4 Å². The van der Waals surface area contributed by atoms with Crippen molar-refractivity contribution in [1.29, 1.82) is 0 Å². The number of hydrogen-bond donors (Lipinski definition) is 0. The van der Waals surface area contributed by atoms with Gasteiger partial charge in [-0.1, -0.05) is 0 Å². The van der Waals surface area contributed by atoms with Crippen LogP contribution in [0.15, 0.2) is 22.6 Å². The number of nitro benzene ring substituents is 2. The molecule has 2 aromatic rings. The van der Waals surface area contributed by atoms with E-state index in [4.69, 9.17) is 16.0 Å². The van der Waals surface area contributed by atoms with Gasteiger partial charge in [0.2, 0.25) is 11.8 Å². The minimum atomic E-state index is -0.847. The van der Waals surface area contributed by atoms with Crippen molar-refractivity contribution < 1.29 is 14.3 Å². The van der Waals surface area contributed by atoms with E-state index in [-0.39, 0.29) is 23.2 Å². The Bertz CT molecular complexity index is 656. The standard InChI is InChI=1S/C9H5ClN4O5/c10-4-8-11-12-9(19-8)5-1-2-6(13(15)16)7(3-5)14(17)18/h1-3H,4H2. The number of hydrogen-bond acceptors (Lipinski definition) is 7. The average molecular weight is 285 g/mol. The molecule has 2 rings (SSSR count). The van der Waals surface area contributed by atoms with Gasteiger partial charge in [0.15, 0.2) is 0 Å². The summed E-state index contributed by atoms with van der Waals surface area (Å²) in [7, 11) is 0. The molecule has 0 fully saturated rings. The summed E-state index contributed by atoms with van der Waals surface area (Å²) in [5.41, 5.74) is -1.04. The number of rotatable bonds is 4. The van der Waals surface area contributed by atoms with Crippen molar-refractivity contribution >= 4 is 23.0 Å². The number of halogens is 1. The Labute approximate surface area is 110 Å². The van der Waals surface area contributed by atoms with E-state index >= 15 is 0 Å². The summed E-state index contributed by atoms with van der Waals surface area (Å²) >= 11 is 5.48. The van der Waals surface area contributed by atoms with E-state index < -0.39 is 21.2 Å². The molecule has 1 aromatic carbocycles. The van der Waals surface area contributed by atoms with Gasteiger partial charge >= 0.3 is 11.4 Å². The molecular weight excluding hydrogens is 280 g/mol. The van der Waals surface area contributed by atoms with Gasteiger partial charge in [-0.3, -0.25) is 20.2 Å². The van der Waals surface area contributed by atoms with Gasteiger partial charge in [0, 0.05) is 17.7 Å².